The molecular weight excluding hydrogens is 273 g/mol. The molecule has 0 saturated carbocycles. The van der Waals surface area contributed by atoms with E-state index in [4.69, 9.17) is 0 Å². The maximum Gasteiger partial charge on any atom is 0.433 e. The summed E-state index contributed by atoms with van der Waals surface area (Å²) in [6.07, 6.45) is -3.92. The van der Waals surface area contributed by atoms with E-state index in [1.54, 1.807) is 6.92 Å². The molecule has 114 valence electrons. The summed E-state index contributed by atoms with van der Waals surface area (Å²) in [5, 5.41) is 14.8. The molecule has 0 spiro atoms. The van der Waals surface area contributed by atoms with Gasteiger partial charge in [-0.25, -0.2) is 4.98 Å². The van der Waals surface area contributed by atoms with Gasteiger partial charge in [-0.3, -0.25) is 0 Å². The predicted octanol–water partition coefficient (Wildman–Crippen LogP) is 2.50. The second kappa shape index (κ2) is 7.28. The van der Waals surface area contributed by atoms with Crippen molar-refractivity contribution in [3.63, 3.8) is 0 Å². The molecule has 1 aromatic rings. The van der Waals surface area contributed by atoms with Crippen LogP contribution in [0.2, 0.25) is 0 Å². The molecule has 0 bridgehead atoms. The molecule has 0 saturated heterocycles. The minimum absolute atomic E-state index is 0.0402. The molecule has 20 heavy (non-hydrogen) atoms. The van der Waals surface area contributed by atoms with Gasteiger partial charge in [0.25, 0.3) is 0 Å². The summed E-state index contributed by atoms with van der Waals surface area (Å²) in [6, 6.07) is 0.833. The molecule has 0 aliphatic rings. The number of nitrogens with zero attached hydrogens (tertiary/aromatic N) is 2. The van der Waals surface area contributed by atoms with E-state index < -0.39 is 18.0 Å². The fraction of sp³-hybridized carbons (Fsp3) is 0.667. The van der Waals surface area contributed by atoms with E-state index in [0.29, 0.717) is 13.0 Å². The van der Waals surface area contributed by atoms with Crippen LogP contribution in [0.15, 0.2) is 6.07 Å². The number of aromatic nitrogens is 2. The van der Waals surface area contributed by atoms with E-state index in [-0.39, 0.29) is 18.3 Å². The summed E-state index contributed by atoms with van der Waals surface area (Å²) in [5.41, 5.74) is -1.01. The van der Waals surface area contributed by atoms with E-state index >= 15 is 0 Å². The highest BCUT2D eigenvalue weighted by Gasteiger charge is 2.33. The first-order chi connectivity index (χ1) is 9.36. The maximum absolute atomic E-state index is 12.7. The first-order valence-corrected chi connectivity index (χ1v) is 6.48. The van der Waals surface area contributed by atoms with Crippen LogP contribution in [0.1, 0.15) is 32.4 Å². The molecule has 0 amide bonds. The van der Waals surface area contributed by atoms with Crippen LogP contribution < -0.4 is 10.6 Å². The third-order valence-electron chi connectivity index (χ3n) is 2.54. The average molecular weight is 292 g/mol. The van der Waals surface area contributed by atoms with Crippen molar-refractivity contribution in [1.29, 1.82) is 0 Å². The third kappa shape index (κ3) is 5.20. The zero-order chi connectivity index (χ0) is 15.2. The fourth-order valence-electron chi connectivity index (χ4n) is 1.37. The number of hydrogen-bond acceptors (Lipinski definition) is 5. The van der Waals surface area contributed by atoms with Crippen molar-refractivity contribution < 1.29 is 18.3 Å². The van der Waals surface area contributed by atoms with Crippen LogP contribution in [-0.2, 0) is 6.18 Å². The van der Waals surface area contributed by atoms with Crippen molar-refractivity contribution >= 4 is 11.8 Å². The third-order valence-corrected chi connectivity index (χ3v) is 2.54. The smallest absolute Gasteiger partial charge is 0.391 e. The summed E-state index contributed by atoms with van der Waals surface area (Å²) >= 11 is 0. The molecule has 1 heterocycles. The first-order valence-electron chi connectivity index (χ1n) is 6.48. The lowest BCUT2D eigenvalue weighted by molar-refractivity contribution is -0.141. The Morgan fingerprint density at radius 3 is 2.50 bits per heavy atom. The van der Waals surface area contributed by atoms with Gasteiger partial charge in [-0.15, -0.1) is 0 Å². The van der Waals surface area contributed by atoms with Crippen LogP contribution in [-0.4, -0.2) is 34.3 Å². The van der Waals surface area contributed by atoms with Crippen molar-refractivity contribution in [2.75, 3.05) is 23.7 Å². The lowest BCUT2D eigenvalue weighted by Crippen LogP contribution is -2.20. The Balaban J connectivity index is 2.91. The van der Waals surface area contributed by atoms with Gasteiger partial charge in [-0.1, -0.05) is 13.8 Å². The van der Waals surface area contributed by atoms with Crippen LogP contribution in [0.3, 0.4) is 0 Å². The van der Waals surface area contributed by atoms with Crippen molar-refractivity contribution in [2.24, 2.45) is 0 Å². The molecule has 0 aliphatic heterocycles. The van der Waals surface area contributed by atoms with Crippen molar-refractivity contribution in [2.45, 2.75) is 39.0 Å². The van der Waals surface area contributed by atoms with Gasteiger partial charge in [0.05, 0.1) is 6.10 Å². The lowest BCUT2D eigenvalue weighted by Gasteiger charge is -2.14. The first kappa shape index (κ1) is 16.5. The maximum atomic E-state index is 12.7. The van der Waals surface area contributed by atoms with Gasteiger partial charge < -0.3 is 15.7 Å². The van der Waals surface area contributed by atoms with Gasteiger partial charge >= 0.3 is 6.18 Å². The van der Waals surface area contributed by atoms with E-state index in [1.165, 1.54) is 0 Å². The van der Waals surface area contributed by atoms with E-state index in [2.05, 4.69) is 20.6 Å². The van der Waals surface area contributed by atoms with Crippen LogP contribution in [0.5, 0.6) is 0 Å². The average Bonchev–Trinajstić information content (AvgIpc) is 2.41. The number of nitrogens with one attached hydrogen (secondary N) is 2. The molecule has 1 unspecified atom stereocenters. The molecule has 3 N–H and O–H groups in total. The number of hydrogen-bond donors (Lipinski definition) is 3. The predicted molar refractivity (Wildman–Crippen MR) is 70.6 cm³/mol. The minimum atomic E-state index is -4.54. The number of aliphatic hydroxyl groups excluding tert-OH is 1. The van der Waals surface area contributed by atoms with Crippen molar-refractivity contribution in [3.8, 4) is 0 Å². The van der Waals surface area contributed by atoms with E-state index in [9.17, 15) is 18.3 Å². The second-order valence-corrected chi connectivity index (χ2v) is 4.33. The summed E-state index contributed by atoms with van der Waals surface area (Å²) in [5.74, 6) is -0.0337. The van der Waals surface area contributed by atoms with Gasteiger partial charge in [0.2, 0.25) is 5.95 Å². The molecule has 0 radical (unpaired) electrons. The minimum Gasteiger partial charge on any atom is -0.391 e. The SMILES string of the molecule is CCCNc1nc(NCC(O)CC)cc(C(F)(F)F)n1. The van der Waals surface area contributed by atoms with Gasteiger partial charge in [-0.05, 0) is 12.8 Å². The Kier molecular flexibility index (Phi) is 6.00. The quantitative estimate of drug-likeness (QED) is 0.720. The van der Waals surface area contributed by atoms with E-state index in [1.807, 2.05) is 6.92 Å². The normalized spacial score (nSPS) is 13.1. The molecule has 8 heteroatoms. The van der Waals surface area contributed by atoms with Crippen LogP contribution in [0, 0.1) is 0 Å². The molecule has 1 aromatic heterocycles. The van der Waals surface area contributed by atoms with Gasteiger partial charge in [0, 0.05) is 19.2 Å². The summed E-state index contributed by atoms with van der Waals surface area (Å²) in [7, 11) is 0. The highest BCUT2D eigenvalue weighted by atomic mass is 19.4. The fourth-order valence-corrected chi connectivity index (χ4v) is 1.37. The topological polar surface area (TPSA) is 70.1 Å². The van der Waals surface area contributed by atoms with Crippen LogP contribution >= 0.6 is 0 Å². The van der Waals surface area contributed by atoms with Crippen molar-refractivity contribution in [1.82, 2.24) is 9.97 Å². The van der Waals surface area contributed by atoms with Gasteiger partial charge in [0.15, 0.2) is 5.69 Å². The lowest BCUT2D eigenvalue weighted by atomic mass is 10.3. The van der Waals surface area contributed by atoms with Crippen LogP contribution in [0.4, 0.5) is 24.9 Å². The number of rotatable bonds is 7. The number of aliphatic hydroxyl groups is 1. The molecule has 0 fully saturated rings. The standard InChI is InChI=1S/C12H19F3N4O/c1-3-5-16-11-18-9(12(13,14)15)6-10(19-11)17-7-8(20)4-2/h6,8,20H,3-5,7H2,1-2H3,(H2,16,17,18,19). The molecular formula is C12H19F3N4O. The highest BCUT2D eigenvalue weighted by molar-refractivity contribution is 5.43. The summed E-state index contributed by atoms with van der Waals surface area (Å²) in [6.45, 7) is 4.29. The molecule has 1 atom stereocenters. The largest absolute Gasteiger partial charge is 0.433 e. The Labute approximate surface area is 115 Å². The number of alkyl halides is 3. The Morgan fingerprint density at radius 2 is 1.95 bits per heavy atom. The number of anilines is 2. The van der Waals surface area contributed by atoms with Gasteiger partial charge in [0.1, 0.15) is 5.82 Å². The zero-order valence-corrected chi connectivity index (χ0v) is 11.5. The Hall–Kier alpha value is -1.57. The second-order valence-electron chi connectivity index (χ2n) is 4.33. The van der Waals surface area contributed by atoms with Gasteiger partial charge in [-0.2, -0.15) is 18.2 Å². The van der Waals surface area contributed by atoms with E-state index in [0.717, 1.165) is 12.5 Å². The number of halogens is 3. The molecule has 0 aromatic carbocycles. The monoisotopic (exact) mass is 292 g/mol. The Bertz CT molecular complexity index is 426. The molecule has 1 rings (SSSR count). The highest BCUT2D eigenvalue weighted by Crippen LogP contribution is 2.29. The Morgan fingerprint density at radius 1 is 1.25 bits per heavy atom. The van der Waals surface area contributed by atoms with Crippen LogP contribution in [0.25, 0.3) is 0 Å². The summed E-state index contributed by atoms with van der Waals surface area (Å²) < 4.78 is 38.2. The molecule has 0 aliphatic carbocycles. The zero-order valence-electron chi connectivity index (χ0n) is 11.5. The van der Waals surface area contributed by atoms with Crippen molar-refractivity contribution in [3.05, 3.63) is 11.8 Å². The summed E-state index contributed by atoms with van der Waals surface area (Å²) in [4.78, 5) is 7.39. The molecule has 5 nitrogen and oxygen atoms in total.